The van der Waals surface area contributed by atoms with Gasteiger partial charge in [-0.05, 0) is 37.3 Å². The van der Waals surface area contributed by atoms with Crippen molar-refractivity contribution in [3.63, 3.8) is 0 Å². The van der Waals surface area contributed by atoms with Gasteiger partial charge in [-0.1, -0.05) is 53.0 Å². The topological polar surface area (TPSA) is 70.1 Å². The van der Waals surface area contributed by atoms with E-state index in [0.717, 1.165) is 5.56 Å². The molecule has 26 heavy (non-hydrogen) atoms. The zero-order valence-corrected chi connectivity index (χ0v) is 15.8. The smallest absolute Gasteiger partial charge is 0.272 e. The number of nitrogens with one attached hydrogen (secondary N) is 2. The Labute approximate surface area is 165 Å². The third kappa shape index (κ3) is 4.25. The lowest BCUT2D eigenvalue weighted by Crippen LogP contribution is -2.19. The fourth-order valence-corrected chi connectivity index (χ4v) is 2.92. The highest BCUT2D eigenvalue weighted by Gasteiger charge is 2.11. The second kappa shape index (κ2) is 7.91. The van der Waals surface area contributed by atoms with Crippen molar-refractivity contribution in [1.82, 2.24) is 15.6 Å². The van der Waals surface area contributed by atoms with Gasteiger partial charge in [0, 0.05) is 21.2 Å². The summed E-state index contributed by atoms with van der Waals surface area (Å²) < 4.78 is 0. The predicted octanol–water partition coefficient (Wildman–Crippen LogP) is 5.19. The number of carbonyl (C=O) groups is 1. The molecule has 0 aliphatic carbocycles. The Morgan fingerprint density at radius 3 is 2.42 bits per heavy atom. The van der Waals surface area contributed by atoms with E-state index < -0.39 is 5.91 Å². The van der Waals surface area contributed by atoms with Gasteiger partial charge in [0.25, 0.3) is 5.91 Å². The summed E-state index contributed by atoms with van der Waals surface area (Å²) in [6.45, 7) is 1.74. The molecule has 0 spiro atoms. The highest BCUT2D eigenvalue weighted by Crippen LogP contribution is 2.22. The first-order chi connectivity index (χ1) is 12.4. The molecule has 8 heteroatoms. The molecule has 0 unspecified atom stereocenters. The molecular formula is C18H13Cl3N4O. The van der Waals surface area contributed by atoms with Gasteiger partial charge < -0.3 is 0 Å². The summed E-state index contributed by atoms with van der Waals surface area (Å²) in [5, 5.41) is 12.5. The molecule has 2 N–H and O–H groups in total. The minimum atomic E-state index is -0.415. The van der Waals surface area contributed by atoms with E-state index in [1.165, 1.54) is 0 Å². The molecule has 132 valence electrons. The van der Waals surface area contributed by atoms with Gasteiger partial charge >= 0.3 is 0 Å². The molecule has 1 heterocycles. The molecule has 0 fully saturated rings. The van der Waals surface area contributed by atoms with E-state index in [0.29, 0.717) is 32.0 Å². The summed E-state index contributed by atoms with van der Waals surface area (Å²) in [7, 11) is 0. The quantitative estimate of drug-likeness (QED) is 0.461. The van der Waals surface area contributed by atoms with Gasteiger partial charge in [-0.25, -0.2) is 5.43 Å². The number of aromatic nitrogens is 2. The lowest BCUT2D eigenvalue weighted by atomic mass is 10.1. The second-order valence-corrected chi connectivity index (χ2v) is 6.72. The van der Waals surface area contributed by atoms with E-state index >= 15 is 0 Å². The van der Waals surface area contributed by atoms with Crippen LogP contribution in [-0.2, 0) is 0 Å². The van der Waals surface area contributed by atoms with Crippen LogP contribution in [0, 0.1) is 0 Å². The van der Waals surface area contributed by atoms with Crippen molar-refractivity contribution in [3.05, 3.63) is 74.9 Å². The first-order valence-corrected chi connectivity index (χ1v) is 8.69. The highest BCUT2D eigenvalue weighted by atomic mass is 35.5. The van der Waals surface area contributed by atoms with Crippen molar-refractivity contribution in [3.8, 4) is 11.3 Å². The molecule has 0 aliphatic heterocycles. The van der Waals surface area contributed by atoms with Crippen LogP contribution in [0.5, 0.6) is 0 Å². The molecule has 0 saturated heterocycles. The van der Waals surface area contributed by atoms with Crippen molar-refractivity contribution in [2.45, 2.75) is 6.92 Å². The molecular weight excluding hydrogens is 395 g/mol. The number of rotatable bonds is 4. The summed E-state index contributed by atoms with van der Waals surface area (Å²) in [6.07, 6.45) is 0. The van der Waals surface area contributed by atoms with E-state index in [2.05, 4.69) is 20.7 Å². The highest BCUT2D eigenvalue weighted by molar-refractivity contribution is 6.37. The number of carbonyl (C=O) groups excluding carboxylic acids is 1. The van der Waals surface area contributed by atoms with Crippen LogP contribution >= 0.6 is 34.8 Å². The van der Waals surface area contributed by atoms with Crippen LogP contribution in [0.4, 0.5) is 0 Å². The standard InChI is InChI=1S/C18H13Cl3N4O/c1-10(14-7-6-13(20)8-15(14)21)22-25-18(26)17-9-16(23-24-17)11-2-4-12(19)5-3-11/h2-9H,1H3,(H,23,24)(H,25,26)/b22-10+. The molecule has 3 aromatic rings. The fourth-order valence-electron chi connectivity index (χ4n) is 2.24. The van der Waals surface area contributed by atoms with Crippen molar-refractivity contribution in [2.75, 3.05) is 0 Å². The van der Waals surface area contributed by atoms with E-state index in [9.17, 15) is 4.79 Å². The molecule has 2 aromatic carbocycles. The number of benzene rings is 2. The maximum Gasteiger partial charge on any atom is 0.289 e. The molecule has 0 radical (unpaired) electrons. The van der Waals surface area contributed by atoms with Crippen LogP contribution in [-0.4, -0.2) is 21.8 Å². The van der Waals surface area contributed by atoms with Gasteiger partial charge in [0.1, 0.15) is 5.69 Å². The Kier molecular flexibility index (Phi) is 5.61. The van der Waals surface area contributed by atoms with Gasteiger partial charge in [-0.3, -0.25) is 9.89 Å². The predicted molar refractivity (Wildman–Crippen MR) is 105 cm³/mol. The third-order valence-electron chi connectivity index (χ3n) is 3.61. The van der Waals surface area contributed by atoms with E-state index in [1.807, 2.05) is 12.1 Å². The van der Waals surface area contributed by atoms with Gasteiger partial charge in [0.2, 0.25) is 0 Å². The van der Waals surface area contributed by atoms with E-state index in [-0.39, 0.29) is 5.69 Å². The first kappa shape index (κ1) is 18.5. The normalized spacial score (nSPS) is 11.5. The van der Waals surface area contributed by atoms with E-state index in [1.54, 1.807) is 43.3 Å². The minimum absolute atomic E-state index is 0.286. The zero-order valence-electron chi connectivity index (χ0n) is 13.6. The Bertz CT molecular complexity index is 980. The number of hydrazone groups is 1. The van der Waals surface area contributed by atoms with Crippen molar-refractivity contribution >= 4 is 46.4 Å². The van der Waals surface area contributed by atoms with Gasteiger partial charge in [0.05, 0.1) is 16.4 Å². The number of H-pyrrole nitrogens is 1. The van der Waals surface area contributed by atoms with Crippen LogP contribution < -0.4 is 5.43 Å². The Morgan fingerprint density at radius 2 is 1.73 bits per heavy atom. The third-order valence-corrected chi connectivity index (χ3v) is 4.41. The molecule has 1 amide bonds. The summed E-state index contributed by atoms with van der Waals surface area (Å²) in [6, 6.07) is 13.9. The Hall–Kier alpha value is -2.34. The lowest BCUT2D eigenvalue weighted by molar-refractivity contribution is 0.0950. The average Bonchev–Trinajstić information content (AvgIpc) is 3.10. The molecule has 3 rings (SSSR count). The molecule has 0 bridgehead atoms. The number of hydrogen-bond donors (Lipinski definition) is 2. The molecule has 0 aliphatic rings. The SMILES string of the molecule is C/C(=N\NC(=O)c1cc(-c2ccc(Cl)cc2)n[nH]1)c1ccc(Cl)cc1Cl. The second-order valence-electron chi connectivity index (χ2n) is 5.44. The van der Waals surface area contributed by atoms with Crippen LogP contribution in [0.15, 0.2) is 53.6 Å². The number of amides is 1. The zero-order chi connectivity index (χ0) is 18.7. The number of halogens is 3. The van der Waals surface area contributed by atoms with Gasteiger partial charge in [-0.15, -0.1) is 0 Å². The van der Waals surface area contributed by atoms with Crippen molar-refractivity contribution in [1.29, 1.82) is 0 Å². The Morgan fingerprint density at radius 1 is 1.04 bits per heavy atom. The number of hydrogen-bond acceptors (Lipinski definition) is 3. The van der Waals surface area contributed by atoms with Crippen LogP contribution in [0.1, 0.15) is 23.0 Å². The average molecular weight is 408 g/mol. The van der Waals surface area contributed by atoms with Gasteiger partial charge in [-0.2, -0.15) is 10.2 Å². The maximum atomic E-state index is 12.3. The largest absolute Gasteiger partial charge is 0.289 e. The van der Waals surface area contributed by atoms with Crippen LogP contribution in [0.25, 0.3) is 11.3 Å². The number of nitrogens with zero attached hydrogens (tertiary/aromatic N) is 2. The Balaban J connectivity index is 1.73. The van der Waals surface area contributed by atoms with Crippen LogP contribution in [0.2, 0.25) is 15.1 Å². The summed E-state index contributed by atoms with van der Waals surface area (Å²) in [5.41, 5.74) is 5.48. The molecule has 1 aromatic heterocycles. The van der Waals surface area contributed by atoms with Gasteiger partial charge in [0.15, 0.2) is 0 Å². The van der Waals surface area contributed by atoms with Crippen LogP contribution in [0.3, 0.4) is 0 Å². The molecule has 5 nitrogen and oxygen atoms in total. The lowest BCUT2D eigenvalue weighted by Gasteiger charge is -2.04. The maximum absolute atomic E-state index is 12.3. The number of aromatic amines is 1. The first-order valence-electron chi connectivity index (χ1n) is 7.55. The van der Waals surface area contributed by atoms with Crippen molar-refractivity contribution < 1.29 is 4.79 Å². The molecule has 0 saturated carbocycles. The molecule has 0 atom stereocenters. The summed E-state index contributed by atoms with van der Waals surface area (Å²) in [4.78, 5) is 12.3. The fraction of sp³-hybridized carbons (Fsp3) is 0.0556. The summed E-state index contributed by atoms with van der Waals surface area (Å²) >= 11 is 17.9. The van der Waals surface area contributed by atoms with E-state index in [4.69, 9.17) is 34.8 Å². The summed E-state index contributed by atoms with van der Waals surface area (Å²) in [5.74, 6) is -0.415. The monoisotopic (exact) mass is 406 g/mol. The minimum Gasteiger partial charge on any atom is -0.272 e. The van der Waals surface area contributed by atoms with Crippen molar-refractivity contribution in [2.24, 2.45) is 5.10 Å².